The number of benzene rings is 1. The normalized spacial score (nSPS) is 11.3. The molecule has 0 spiro atoms. The van der Waals surface area contributed by atoms with Crippen molar-refractivity contribution >= 4 is 17.7 Å². The van der Waals surface area contributed by atoms with Crippen molar-refractivity contribution in [2.45, 2.75) is 23.8 Å². The summed E-state index contributed by atoms with van der Waals surface area (Å²) in [5.41, 5.74) is -6.82. The van der Waals surface area contributed by atoms with Crippen molar-refractivity contribution in [2.24, 2.45) is 0 Å². The number of ether oxygens (including phenoxy) is 1. The van der Waals surface area contributed by atoms with Gasteiger partial charge in [0.05, 0.1) is 17.7 Å². The number of hydrogen-bond acceptors (Lipinski definition) is 4. The monoisotopic (exact) mass is 325 g/mol. The van der Waals surface area contributed by atoms with Crippen LogP contribution < -0.4 is 0 Å². The molecule has 0 aliphatic rings. The van der Waals surface area contributed by atoms with Crippen LogP contribution >= 0.6 is 11.8 Å². The van der Waals surface area contributed by atoms with E-state index < -0.39 is 51.3 Å². The number of thioether (sulfide) groups is 1. The topological polar surface area (TPSA) is 50.1 Å². The highest BCUT2D eigenvalue weighted by Gasteiger charge is 2.32. The van der Waals surface area contributed by atoms with Crippen LogP contribution in [0.2, 0.25) is 0 Å². The Kier molecular flexibility index (Phi) is 5.54. The number of carbonyl (C=O) groups excluding carboxylic acids is 1. The average molecular weight is 325 g/mol. The summed E-state index contributed by atoms with van der Waals surface area (Å²) in [6.45, 7) is 1.30. The van der Waals surface area contributed by atoms with Crippen LogP contribution in [0.15, 0.2) is 17.0 Å². The summed E-state index contributed by atoms with van der Waals surface area (Å²) >= 11 is -0.653. The molecule has 0 bridgehead atoms. The smallest absolute Gasteiger partial charge is 0.446 e. The van der Waals surface area contributed by atoms with E-state index in [4.69, 9.17) is 5.26 Å². The van der Waals surface area contributed by atoms with Gasteiger partial charge in [0.25, 0.3) is 6.43 Å². The maximum Gasteiger partial charge on any atom is 0.446 e. The summed E-state index contributed by atoms with van der Waals surface area (Å²) in [5, 5.41) is 8.76. The van der Waals surface area contributed by atoms with Crippen molar-refractivity contribution in [3.8, 4) is 6.07 Å². The van der Waals surface area contributed by atoms with Gasteiger partial charge in [-0.25, -0.2) is 13.6 Å². The first-order valence-corrected chi connectivity index (χ1v) is 6.30. The zero-order chi connectivity index (χ0) is 16.2. The summed E-state index contributed by atoms with van der Waals surface area (Å²) in [6.07, 6.45) is -3.12. The molecule has 0 N–H and O–H groups in total. The Morgan fingerprint density at radius 3 is 2.48 bits per heavy atom. The van der Waals surface area contributed by atoms with Crippen molar-refractivity contribution in [2.75, 3.05) is 6.61 Å². The third-order valence-electron chi connectivity index (χ3n) is 2.23. The quantitative estimate of drug-likeness (QED) is 0.471. The third kappa shape index (κ3) is 4.60. The maximum absolute atomic E-state index is 12.9. The minimum atomic E-state index is -4.72. The van der Waals surface area contributed by atoms with Crippen molar-refractivity contribution in [1.29, 1.82) is 5.26 Å². The van der Waals surface area contributed by atoms with Crippen LogP contribution in [0.4, 0.5) is 22.0 Å². The van der Waals surface area contributed by atoms with Gasteiger partial charge in [0.15, 0.2) is 0 Å². The van der Waals surface area contributed by atoms with E-state index in [9.17, 15) is 26.7 Å². The van der Waals surface area contributed by atoms with Crippen molar-refractivity contribution in [1.82, 2.24) is 0 Å². The number of esters is 1. The Morgan fingerprint density at radius 1 is 1.43 bits per heavy atom. The Balaban J connectivity index is 3.43. The summed E-state index contributed by atoms with van der Waals surface area (Å²) in [5.74, 6) is -1.17. The fraction of sp³-hybridized carbons (Fsp3) is 0.333. The van der Waals surface area contributed by atoms with Crippen LogP contribution in [0.25, 0.3) is 0 Å². The lowest BCUT2D eigenvalue weighted by Crippen LogP contribution is -2.10. The van der Waals surface area contributed by atoms with E-state index in [1.807, 2.05) is 0 Å². The summed E-state index contributed by atoms with van der Waals surface area (Å²) in [7, 11) is 0. The SMILES string of the molecule is CCOC(=O)c1cc(SC(F)(F)F)c(C#N)cc1C(F)F. The zero-order valence-corrected chi connectivity index (χ0v) is 11.3. The van der Waals surface area contributed by atoms with Gasteiger partial charge < -0.3 is 4.74 Å². The fourth-order valence-electron chi connectivity index (χ4n) is 1.46. The molecule has 1 rings (SSSR count). The summed E-state index contributed by atoms with van der Waals surface area (Å²) in [6, 6.07) is 2.59. The lowest BCUT2D eigenvalue weighted by molar-refractivity contribution is -0.0328. The van der Waals surface area contributed by atoms with Gasteiger partial charge in [-0.2, -0.15) is 18.4 Å². The standard InChI is InChI=1S/C12H8F5NO2S/c1-2-20-11(19)8-4-9(21-12(15,16)17)6(5-18)3-7(8)10(13)14/h3-4,10H,2H2,1H3. The van der Waals surface area contributed by atoms with Gasteiger partial charge in [0.1, 0.15) is 6.07 Å². The van der Waals surface area contributed by atoms with E-state index in [1.54, 1.807) is 0 Å². The van der Waals surface area contributed by atoms with Crippen LogP contribution in [0.3, 0.4) is 0 Å². The number of carbonyl (C=O) groups is 1. The lowest BCUT2D eigenvalue weighted by atomic mass is 10.0. The van der Waals surface area contributed by atoms with Gasteiger partial charge in [-0.3, -0.25) is 0 Å². The molecule has 0 amide bonds. The molecule has 0 fully saturated rings. The predicted molar refractivity (Wildman–Crippen MR) is 64.0 cm³/mol. The molecule has 114 valence electrons. The number of hydrogen-bond donors (Lipinski definition) is 0. The van der Waals surface area contributed by atoms with Gasteiger partial charge in [-0.15, -0.1) is 0 Å². The Hall–Kier alpha value is -1.82. The molecule has 0 saturated carbocycles. The van der Waals surface area contributed by atoms with Gasteiger partial charge in [-0.05, 0) is 30.8 Å². The van der Waals surface area contributed by atoms with E-state index >= 15 is 0 Å². The fourth-order valence-corrected chi connectivity index (χ4v) is 2.10. The molecule has 0 aliphatic carbocycles. The first kappa shape index (κ1) is 17.2. The molecular formula is C12H8F5NO2S. The number of alkyl halides is 5. The first-order valence-electron chi connectivity index (χ1n) is 5.48. The highest BCUT2D eigenvalue weighted by molar-refractivity contribution is 8.00. The van der Waals surface area contributed by atoms with Gasteiger partial charge in [0, 0.05) is 10.5 Å². The molecule has 0 aromatic heterocycles. The average Bonchev–Trinajstić information content (AvgIpc) is 2.36. The Labute approximate surface area is 120 Å². The highest BCUT2D eigenvalue weighted by atomic mass is 32.2. The lowest BCUT2D eigenvalue weighted by Gasteiger charge is -2.13. The van der Waals surface area contributed by atoms with Gasteiger partial charge in [-0.1, -0.05) is 0 Å². The second kappa shape index (κ2) is 6.76. The molecule has 0 unspecified atom stereocenters. The minimum absolute atomic E-state index is 0.122. The van der Waals surface area contributed by atoms with Crippen molar-refractivity contribution in [3.05, 3.63) is 28.8 Å². The molecule has 21 heavy (non-hydrogen) atoms. The Bertz CT molecular complexity index is 580. The predicted octanol–water partition coefficient (Wildman–Crippen LogP) is 4.28. The Morgan fingerprint density at radius 2 is 2.05 bits per heavy atom. The van der Waals surface area contributed by atoms with E-state index in [0.717, 1.165) is 0 Å². The molecule has 9 heteroatoms. The van der Waals surface area contributed by atoms with E-state index in [2.05, 4.69) is 4.74 Å². The molecular weight excluding hydrogens is 317 g/mol. The van der Waals surface area contributed by atoms with Crippen LogP contribution in [-0.2, 0) is 4.74 Å². The van der Waals surface area contributed by atoms with E-state index in [1.165, 1.54) is 13.0 Å². The third-order valence-corrected chi connectivity index (χ3v) is 3.02. The molecule has 0 aliphatic heterocycles. The molecule has 0 radical (unpaired) electrons. The van der Waals surface area contributed by atoms with E-state index in [0.29, 0.717) is 12.1 Å². The van der Waals surface area contributed by atoms with Crippen LogP contribution in [0.5, 0.6) is 0 Å². The largest absolute Gasteiger partial charge is 0.462 e. The van der Waals surface area contributed by atoms with Crippen molar-refractivity contribution < 1.29 is 31.5 Å². The molecule has 0 saturated heterocycles. The van der Waals surface area contributed by atoms with Crippen molar-refractivity contribution in [3.63, 3.8) is 0 Å². The number of nitriles is 1. The van der Waals surface area contributed by atoms with Crippen LogP contribution in [-0.4, -0.2) is 18.1 Å². The van der Waals surface area contributed by atoms with Crippen LogP contribution in [0.1, 0.15) is 34.8 Å². The summed E-state index contributed by atoms with van der Waals surface area (Å²) in [4.78, 5) is 10.9. The maximum atomic E-state index is 12.9. The molecule has 3 nitrogen and oxygen atoms in total. The van der Waals surface area contributed by atoms with Gasteiger partial charge >= 0.3 is 11.5 Å². The molecule has 1 aromatic rings. The summed E-state index contributed by atoms with van der Waals surface area (Å²) < 4.78 is 67.4. The van der Waals surface area contributed by atoms with Crippen LogP contribution in [0, 0.1) is 11.3 Å². The van der Waals surface area contributed by atoms with E-state index in [-0.39, 0.29) is 6.61 Å². The zero-order valence-electron chi connectivity index (χ0n) is 10.5. The number of rotatable bonds is 4. The number of halogens is 5. The first-order chi connectivity index (χ1) is 9.69. The minimum Gasteiger partial charge on any atom is -0.462 e. The second-order valence-corrected chi connectivity index (χ2v) is 4.72. The van der Waals surface area contributed by atoms with Gasteiger partial charge in [0.2, 0.25) is 0 Å². The molecule has 0 heterocycles. The second-order valence-electron chi connectivity index (χ2n) is 3.62. The molecule has 0 atom stereocenters. The number of nitrogens with zero attached hydrogens (tertiary/aromatic N) is 1. The molecule has 1 aromatic carbocycles. The highest BCUT2D eigenvalue weighted by Crippen LogP contribution is 2.40.